The number of carbonyl (C=O) groups excluding carboxylic acids is 1. The smallest absolute Gasteiger partial charge is 0.255 e. The van der Waals surface area contributed by atoms with E-state index in [0.717, 1.165) is 13.1 Å². The Labute approximate surface area is 144 Å². The Kier molecular flexibility index (Phi) is 5.66. The predicted octanol–water partition coefficient (Wildman–Crippen LogP) is 5.59. The minimum atomic E-state index is -0.0219. The zero-order valence-corrected chi connectivity index (χ0v) is 15.4. The molecule has 0 aliphatic rings. The van der Waals surface area contributed by atoms with Crippen LogP contribution in [0.15, 0.2) is 38.6 Å². The van der Waals surface area contributed by atoms with Crippen molar-refractivity contribution in [3.05, 3.63) is 54.1 Å². The third kappa shape index (κ3) is 3.85. The molecule has 1 aromatic heterocycles. The van der Waals surface area contributed by atoms with Gasteiger partial charge in [-0.1, -0.05) is 11.6 Å². The molecule has 20 heavy (non-hydrogen) atoms. The maximum atomic E-state index is 12.6. The molecule has 1 aromatic carbocycles. The number of amides is 1. The topological polar surface area (TPSA) is 20.3 Å². The molecule has 0 unspecified atom stereocenters. The largest absolute Gasteiger partial charge is 0.334 e. The first-order chi connectivity index (χ1) is 9.51. The molecule has 0 aliphatic carbocycles. The lowest BCUT2D eigenvalue weighted by Crippen LogP contribution is -2.30. The second-order valence-corrected chi connectivity index (χ2v) is 7.99. The second-order valence-electron chi connectivity index (χ2n) is 4.15. The second kappa shape index (κ2) is 7.07. The van der Waals surface area contributed by atoms with Crippen LogP contribution in [0.1, 0.15) is 22.2 Å². The van der Waals surface area contributed by atoms with E-state index in [-0.39, 0.29) is 5.91 Å². The third-order valence-electron chi connectivity index (χ3n) is 2.80. The van der Waals surface area contributed by atoms with Crippen LogP contribution in [-0.2, 0) is 6.54 Å². The molecule has 6 heteroatoms. The Morgan fingerprint density at radius 2 is 2.05 bits per heavy atom. The van der Waals surface area contributed by atoms with Crippen LogP contribution in [0.2, 0.25) is 5.02 Å². The highest BCUT2D eigenvalue weighted by molar-refractivity contribution is 9.11. The maximum Gasteiger partial charge on any atom is 0.255 e. The van der Waals surface area contributed by atoms with Crippen molar-refractivity contribution in [2.75, 3.05) is 6.54 Å². The molecule has 0 aliphatic heterocycles. The van der Waals surface area contributed by atoms with E-state index in [1.54, 1.807) is 34.4 Å². The zero-order chi connectivity index (χ0) is 14.7. The number of hydrogen-bond donors (Lipinski definition) is 0. The van der Waals surface area contributed by atoms with Crippen LogP contribution < -0.4 is 0 Å². The number of rotatable bonds is 4. The molecule has 1 amide bonds. The highest BCUT2D eigenvalue weighted by atomic mass is 79.9. The van der Waals surface area contributed by atoms with Crippen molar-refractivity contribution >= 4 is 60.7 Å². The van der Waals surface area contributed by atoms with E-state index in [0.29, 0.717) is 23.7 Å². The van der Waals surface area contributed by atoms with Crippen LogP contribution in [0.5, 0.6) is 0 Å². The molecule has 0 bridgehead atoms. The fourth-order valence-corrected chi connectivity index (χ4v) is 3.87. The summed E-state index contributed by atoms with van der Waals surface area (Å²) in [6.45, 7) is 3.22. The first-order valence-electron chi connectivity index (χ1n) is 5.99. The summed E-state index contributed by atoms with van der Waals surface area (Å²) in [6, 6.07) is 9.27. The van der Waals surface area contributed by atoms with Crippen LogP contribution in [-0.4, -0.2) is 17.4 Å². The van der Waals surface area contributed by atoms with Crippen LogP contribution in [0.4, 0.5) is 0 Å². The van der Waals surface area contributed by atoms with Gasteiger partial charge < -0.3 is 4.90 Å². The highest BCUT2D eigenvalue weighted by Crippen LogP contribution is 2.26. The minimum absolute atomic E-state index is 0.0219. The third-order valence-corrected chi connectivity index (χ3v) is 5.34. The van der Waals surface area contributed by atoms with Crippen molar-refractivity contribution in [2.24, 2.45) is 0 Å². The Balaban J connectivity index is 2.22. The number of carbonyl (C=O) groups is 1. The van der Waals surface area contributed by atoms with Gasteiger partial charge >= 0.3 is 0 Å². The Bertz CT molecular complexity index is 629. The Morgan fingerprint density at radius 1 is 1.30 bits per heavy atom. The molecule has 0 atom stereocenters. The Morgan fingerprint density at radius 3 is 2.65 bits per heavy atom. The van der Waals surface area contributed by atoms with Crippen LogP contribution >= 0.6 is 54.8 Å². The predicted molar refractivity (Wildman–Crippen MR) is 91.6 cm³/mol. The summed E-state index contributed by atoms with van der Waals surface area (Å²) in [7, 11) is 0. The van der Waals surface area contributed by atoms with Crippen LogP contribution in [0.25, 0.3) is 0 Å². The van der Waals surface area contributed by atoms with Crippen molar-refractivity contribution < 1.29 is 4.79 Å². The van der Waals surface area contributed by atoms with E-state index in [1.807, 2.05) is 19.1 Å². The van der Waals surface area contributed by atoms with Crippen LogP contribution in [0, 0.1) is 0 Å². The average Bonchev–Trinajstić information content (AvgIpc) is 2.83. The van der Waals surface area contributed by atoms with E-state index in [4.69, 9.17) is 11.6 Å². The van der Waals surface area contributed by atoms with Gasteiger partial charge in [0, 0.05) is 20.9 Å². The lowest BCUT2D eigenvalue weighted by molar-refractivity contribution is 0.0753. The quantitative estimate of drug-likeness (QED) is 0.611. The molecular formula is C14H12Br2ClNOS. The first-order valence-corrected chi connectivity index (χ1v) is 8.78. The number of thiophene rings is 1. The SMILES string of the molecule is CCN(Cc1ccc(Br)s1)C(=O)c1cc(Cl)ccc1Br. The molecule has 0 saturated heterocycles. The fraction of sp³-hybridized carbons (Fsp3) is 0.214. The van der Waals surface area contributed by atoms with E-state index >= 15 is 0 Å². The van der Waals surface area contributed by atoms with Crippen molar-refractivity contribution in [1.29, 1.82) is 0 Å². The normalized spacial score (nSPS) is 10.6. The van der Waals surface area contributed by atoms with Gasteiger partial charge in [-0.2, -0.15) is 0 Å². The van der Waals surface area contributed by atoms with Gasteiger partial charge in [-0.25, -0.2) is 0 Å². The molecule has 0 N–H and O–H groups in total. The van der Waals surface area contributed by atoms with Gasteiger partial charge in [-0.15, -0.1) is 11.3 Å². The van der Waals surface area contributed by atoms with Gasteiger partial charge in [0.2, 0.25) is 0 Å². The van der Waals surface area contributed by atoms with E-state index < -0.39 is 0 Å². The van der Waals surface area contributed by atoms with Gasteiger partial charge in [-0.3, -0.25) is 4.79 Å². The van der Waals surface area contributed by atoms with Crippen molar-refractivity contribution in [1.82, 2.24) is 4.90 Å². The van der Waals surface area contributed by atoms with E-state index in [2.05, 4.69) is 31.9 Å². The molecule has 2 rings (SSSR count). The van der Waals surface area contributed by atoms with Crippen LogP contribution in [0.3, 0.4) is 0 Å². The summed E-state index contributed by atoms with van der Waals surface area (Å²) < 4.78 is 1.83. The molecular weight excluding hydrogens is 425 g/mol. The van der Waals surface area contributed by atoms with Crippen molar-refractivity contribution in [3.63, 3.8) is 0 Å². The van der Waals surface area contributed by atoms with E-state index in [1.165, 1.54) is 0 Å². The van der Waals surface area contributed by atoms with Gasteiger partial charge in [0.15, 0.2) is 0 Å². The van der Waals surface area contributed by atoms with E-state index in [9.17, 15) is 4.79 Å². The number of halogens is 3. The zero-order valence-electron chi connectivity index (χ0n) is 10.7. The van der Waals surface area contributed by atoms with Gasteiger partial charge in [0.05, 0.1) is 15.9 Å². The molecule has 0 radical (unpaired) electrons. The standard InChI is InChI=1S/C14H12Br2ClNOS/c1-2-18(8-10-4-6-13(16)20-10)14(19)11-7-9(17)3-5-12(11)15/h3-7H,2,8H2,1H3. The van der Waals surface area contributed by atoms with Crippen molar-refractivity contribution in [2.45, 2.75) is 13.5 Å². The van der Waals surface area contributed by atoms with Crippen molar-refractivity contribution in [3.8, 4) is 0 Å². The summed E-state index contributed by atoms with van der Waals surface area (Å²) in [6.07, 6.45) is 0. The highest BCUT2D eigenvalue weighted by Gasteiger charge is 2.18. The Hall–Kier alpha value is -0.360. The first kappa shape index (κ1) is 16.0. The molecule has 106 valence electrons. The summed E-state index contributed by atoms with van der Waals surface area (Å²) in [5.41, 5.74) is 0.593. The summed E-state index contributed by atoms with van der Waals surface area (Å²) in [4.78, 5) is 15.5. The molecule has 2 aromatic rings. The monoisotopic (exact) mass is 435 g/mol. The molecule has 2 nitrogen and oxygen atoms in total. The fourth-order valence-electron chi connectivity index (χ4n) is 1.78. The molecule has 1 heterocycles. The average molecular weight is 438 g/mol. The lowest BCUT2D eigenvalue weighted by Gasteiger charge is -2.21. The number of nitrogens with zero attached hydrogens (tertiary/aromatic N) is 1. The van der Waals surface area contributed by atoms with Gasteiger partial charge in [0.25, 0.3) is 5.91 Å². The molecule has 0 saturated carbocycles. The summed E-state index contributed by atoms with van der Waals surface area (Å²) >= 11 is 14.5. The maximum absolute atomic E-state index is 12.6. The summed E-state index contributed by atoms with van der Waals surface area (Å²) in [5.74, 6) is -0.0219. The van der Waals surface area contributed by atoms with Gasteiger partial charge in [-0.05, 0) is 69.1 Å². The summed E-state index contributed by atoms with van der Waals surface area (Å²) in [5, 5.41) is 0.562. The minimum Gasteiger partial charge on any atom is -0.334 e. The number of hydrogen-bond acceptors (Lipinski definition) is 2. The molecule has 0 spiro atoms. The van der Waals surface area contributed by atoms with Gasteiger partial charge in [0.1, 0.15) is 0 Å². The molecule has 0 fully saturated rings. The number of benzene rings is 1. The lowest BCUT2D eigenvalue weighted by atomic mass is 10.2.